The maximum Gasteiger partial charge on any atom is 0.306 e. The molecule has 3 fully saturated rings. The third kappa shape index (κ3) is 2.74. The van der Waals surface area contributed by atoms with Crippen molar-refractivity contribution in [1.29, 1.82) is 0 Å². The summed E-state index contributed by atoms with van der Waals surface area (Å²) in [5.41, 5.74) is 0.707. The molecular formula is C17H29NO2. The molecule has 2 aliphatic carbocycles. The highest BCUT2D eigenvalue weighted by atomic mass is 16.4. The highest BCUT2D eigenvalue weighted by molar-refractivity contribution is 5.70. The van der Waals surface area contributed by atoms with Gasteiger partial charge in [-0.15, -0.1) is 0 Å². The molecule has 3 nitrogen and oxygen atoms in total. The zero-order valence-electron chi connectivity index (χ0n) is 12.8. The molecule has 2 atom stereocenters. The number of likely N-dealkylation sites (tertiary alicyclic amines) is 1. The Morgan fingerprint density at radius 2 is 1.75 bits per heavy atom. The number of nitrogens with zero attached hydrogens (tertiary/aromatic N) is 1. The predicted molar refractivity (Wildman–Crippen MR) is 79.7 cm³/mol. The number of rotatable bonds is 2. The average molecular weight is 279 g/mol. The third-order valence-electron chi connectivity index (χ3n) is 6.43. The first kappa shape index (κ1) is 14.4. The summed E-state index contributed by atoms with van der Waals surface area (Å²) in [6, 6.07) is 1.18. The van der Waals surface area contributed by atoms with E-state index in [1.807, 2.05) is 0 Å². The fraction of sp³-hybridized carbons (Fsp3) is 0.941. The smallest absolute Gasteiger partial charge is 0.306 e. The van der Waals surface area contributed by atoms with Gasteiger partial charge in [-0.2, -0.15) is 0 Å². The van der Waals surface area contributed by atoms with Gasteiger partial charge in [-0.25, -0.2) is 0 Å². The minimum absolute atomic E-state index is 0.106. The van der Waals surface area contributed by atoms with Crippen LogP contribution >= 0.6 is 0 Å². The van der Waals surface area contributed by atoms with Crippen molar-refractivity contribution in [2.24, 2.45) is 11.3 Å². The van der Waals surface area contributed by atoms with E-state index in [0.29, 0.717) is 11.5 Å². The molecule has 1 aliphatic heterocycles. The van der Waals surface area contributed by atoms with Crippen molar-refractivity contribution in [2.45, 2.75) is 83.2 Å². The number of carboxylic acids is 1. The van der Waals surface area contributed by atoms with E-state index in [4.69, 9.17) is 0 Å². The standard InChI is InChI=1S/C17H29NO2/c1-13-12-14(16(19)20)6-11-18(13)15-4-9-17(10-5-15)7-2-3-8-17/h13-15H,2-12H2,1H3,(H,19,20). The molecule has 3 aliphatic rings. The van der Waals surface area contributed by atoms with Gasteiger partial charge in [0, 0.05) is 12.1 Å². The third-order valence-corrected chi connectivity index (χ3v) is 6.43. The van der Waals surface area contributed by atoms with Crippen LogP contribution in [0.3, 0.4) is 0 Å². The minimum atomic E-state index is -0.593. The molecule has 2 unspecified atom stereocenters. The number of carboxylic acid groups (broad SMARTS) is 1. The largest absolute Gasteiger partial charge is 0.481 e. The van der Waals surface area contributed by atoms with E-state index in [1.54, 1.807) is 0 Å². The molecule has 0 aromatic rings. The summed E-state index contributed by atoms with van der Waals surface area (Å²) in [5.74, 6) is -0.698. The summed E-state index contributed by atoms with van der Waals surface area (Å²) in [6.45, 7) is 3.23. The van der Waals surface area contributed by atoms with Crippen LogP contribution in [0, 0.1) is 11.3 Å². The van der Waals surface area contributed by atoms with E-state index in [9.17, 15) is 9.90 Å². The van der Waals surface area contributed by atoms with Gasteiger partial charge in [0.2, 0.25) is 0 Å². The molecule has 20 heavy (non-hydrogen) atoms. The Labute approximate surface area is 122 Å². The zero-order valence-corrected chi connectivity index (χ0v) is 12.8. The minimum Gasteiger partial charge on any atom is -0.481 e. The highest BCUT2D eigenvalue weighted by Gasteiger charge is 2.41. The molecule has 0 radical (unpaired) electrons. The summed E-state index contributed by atoms with van der Waals surface area (Å²) in [5, 5.41) is 9.17. The molecular weight excluding hydrogens is 250 g/mol. The number of carbonyl (C=O) groups is 1. The van der Waals surface area contributed by atoms with Crippen molar-refractivity contribution >= 4 is 5.97 Å². The van der Waals surface area contributed by atoms with Crippen LogP contribution in [0.2, 0.25) is 0 Å². The summed E-state index contributed by atoms with van der Waals surface area (Å²) in [4.78, 5) is 13.8. The Bertz CT molecular complexity index is 352. The monoisotopic (exact) mass is 279 g/mol. The molecule has 2 saturated carbocycles. The number of hydrogen-bond donors (Lipinski definition) is 1. The van der Waals surface area contributed by atoms with Gasteiger partial charge in [-0.1, -0.05) is 12.8 Å². The first-order valence-electron chi connectivity index (χ1n) is 8.58. The molecule has 3 heteroatoms. The predicted octanol–water partition coefficient (Wildman–Crippen LogP) is 3.67. The van der Waals surface area contributed by atoms with Crippen LogP contribution in [-0.2, 0) is 4.79 Å². The average Bonchev–Trinajstić information content (AvgIpc) is 2.88. The van der Waals surface area contributed by atoms with Gasteiger partial charge in [0.1, 0.15) is 0 Å². The first-order valence-corrected chi connectivity index (χ1v) is 8.58. The second-order valence-electron chi connectivity index (χ2n) is 7.58. The van der Waals surface area contributed by atoms with Gasteiger partial charge in [0.05, 0.1) is 5.92 Å². The van der Waals surface area contributed by atoms with Crippen LogP contribution in [0.4, 0.5) is 0 Å². The Balaban J connectivity index is 1.54. The van der Waals surface area contributed by atoms with E-state index in [2.05, 4.69) is 11.8 Å². The lowest BCUT2D eigenvalue weighted by Gasteiger charge is -2.46. The van der Waals surface area contributed by atoms with Gasteiger partial charge in [0.15, 0.2) is 0 Å². The second-order valence-corrected chi connectivity index (χ2v) is 7.58. The Hall–Kier alpha value is -0.570. The molecule has 0 bridgehead atoms. The van der Waals surface area contributed by atoms with Gasteiger partial charge >= 0.3 is 5.97 Å². The molecule has 0 aromatic heterocycles. The van der Waals surface area contributed by atoms with E-state index in [1.165, 1.54) is 51.4 Å². The molecule has 1 saturated heterocycles. The normalized spacial score (nSPS) is 35.5. The summed E-state index contributed by atoms with van der Waals surface area (Å²) >= 11 is 0. The van der Waals surface area contributed by atoms with E-state index in [0.717, 1.165) is 25.4 Å². The van der Waals surface area contributed by atoms with E-state index < -0.39 is 5.97 Å². The van der Waals surface area contributed by atoms with E-state index >= 15 is 0 Å². The van der Waals surface area contributed by atoms with Gasteiger partial charge in [0.25, 0.3) is 0 Å². The molecule has 1 spiro atoms. The topological polar surface area (TPSA) is 40.5 Å². The second kappa shape index (κ2) is 5.67. The molecule has 3 rings (SSSR count). The number of aliphatic carboxylic acids is 1. The molecule has 1 N–H and O–H groups in total. The summed E-state index contributed by atoms with van der Waals surface area (Å²) < 4.78 is 0. The summed E-state index contributed by atoms with van der Waals surface area (Å²) in [6.07, 6.45) is 13.1. The zero-order chi connectivity index (χ0) is 14.2. The van der Waals surface area contributed by atoms with Crippen LogP contribution in [0.15, 0.2) is 0 Å². The Morgan fingerprint density at radius 3 is 2.30 bits per heavy atom. The van der Waals surface area contributed by atoms with Gasteiger partial charge in [-0.05, 0) is 70.3 Å². The number of hydrogen-bond acceptors (Lipinski definition) is 2. The molecule has 114 valence electrons. The lowest BCUT2D eigenvalue weighted by molar-refractivity contribution is -0.144. The van der Waals surface area contributed by atoms with Crippen molar-refractivity contribution in [3.63, 3.8) is 0 Å². The van der Waals surface area contributed by atoms with Crippen LogP contribution in [-0.4, -0.2) is 34.6 Å². The van der Waals surface area contributed by atoms with Crippen molar-refractivity contribution < 1.29 is 9.90 Å². The van der Waals surface area contributed by atoms with Gasteiger partial charge < -0.3 is 5.11 Å². The van der Waals surface area contributed by atoms with Crippen molar-refractivity contribution in [1.82, 2.24) is 4.90 Å². The fourth-order valence-corrected chi connectivity index (χ4v) is 5.13. The maximum atomic E-state index is 11.1. The van der Waals surface area contributed by atoms with Crippen molar-refractivity contribution in [3.05, 3.63) is 0 Å². The first-order chi connectivity index (χ1) is 9.60. The quantitative estimate of drug-likeness (QED) is 0.838. The van der Waals surface area contributed by atoms with E-state index in [-0.39, 0.29) is 5.92 Å². The molecule has 1 heterocycles. The van der Waals surface area contributed by atoms with Crippen molar-refractivity contribution in [3.8, 4) is 0 Å². The van der Waals surface area contributed by atoms with Gasteiger partial charge in [-0.3, -0.25) is 9.69 Å². The van der Waals surface area contributed by atoms with Crippen LogP contribution in [0.1, 0.15) is 71.1 Å². The lowest BCUT2D eigenvalue weighted by Crippen LogP contribution is -2.50. The van der Waals surface area contributed by atoms with Crippen LogP contribution in [0.25, 0.3) is 0 Å². The van der Waals surface area contributed by atoms with Crippen LogP contribution < -0.4 is 0 Å². The fourth-order valence-electron chi connectivity index (χ4n) is 5.13. The summed E-state index contributed by atoms with van der Waals surface area (Å²) in [7, 11) is 0. The SMILES string of the molecule is CC1CC(C(=O)O)CCN1C1CCC2(CCCC2)CC1. The highest BCUT2D eigenvalue weighted by Crippen LogP contribution is 2.50. The van der Waals surface area contributed by atoms with Crippen molar-refractivity contribution in [2.75, 3.05) is 6.54 Å². The Morgan fingerprint density at radius 1 is 1.10 bits per heavy atom. The lowest BCUT2D eigenvalue weighted by atomic mass is 9.70. The molecule has 0 amide bonds. The molecule has 0 aromatic carbocycles. The maximum absolute atomic E-state index is 11.1. The Kier molecular flexibility index (Phi) is 4.07. The number of piperidine rings is 1. The van der Waals surface area contributed by atoms with Crippen LogP contribution in [0.5, 0.6) is 0 Å².